The first-order valence-corrected chi connectivity index (χ1v) is 9.46. The Balaban J connectivity index is 1.42. The zero-order valence-electron chi connectivity index (χ0n) is 14.7. The monoisotopic (exact) mass is 348 g/mol. The third-order valence-corrected chi connectivity index (χ3v) is 5.83. The number of hydrazine groups is 1. The van der Waals surface area contributed by atoms with Crippen LogP contribution in [-0.4, -0.2) is 27.5 Å². The van der Waals surface area contributed by atoms with Crippen LogP contribution in [0.4, 0.5) is 5.82 Å². The molecule has 4 N–H and O–H groups in total. The molecule has 0 amide bonds. The minimum atomic E-state index is 0.596. The minimum Gasteiger partial charge on any atom is -0.366 e. The maximum absolute atomic E-state index is 4.76. The van der Waals surface area contributed by atoms with Crippen LogP contribution < -0.4 is 16.2 Å². The van der Waals surface area contributed by atoms with Gasteiger partial charge >= 0.3 is 0 Å². The quantitative estimate of drug-likeness (QED) is 0.583. The highest BCUT2D eigenvalue weighted by Gasteiger charge is 2.35. The summed E-state index contributed by atoms with van der Waals surface area (Å²) < 4.78 is 0. The minimum absolute atomic E-state index is 0.596. The van der Waals surface area contributed by atoms with Crippen molar-refractivity contribution < 1.29 is 0 Å². The van der Waals surface area contributed by atoms with Gasteiger partial charge in [-0.3, -0.25) is 15.8 Å². The largest absolute Gasteiger partial charge is 0.366 e. The topological polar surface area (TPSA) is 77.7 Å². The fourth-order valence-corrected chi connectivity index (χ4v) is 4.47. The van der Waals surface area contributed by atoms with Crippen LogP contribution in [0.25, 0.3) is 11.0 Å². The Kier molecular flexibility index (Phi) is 4.07. The van der Waals surface area contributed by atoms with Crippen molar-refractivity contribution in [3.05, 3.63) is 54.0 Å². The first-order chi connectivity index (χ1) is 12.9. The average molecular weight is 348 g/mol. The van der Waals surface area contributed by atoms with Crippen LogP contribution in [0, 0.1) is 5.92 Å². The zero-order valence-corrected chi connectivity index (χ0v) is 14.7. The lowest BCUT2D eigenvalue weighted by atomic mass is 9.75. The zero-order chi connectivity index (χ0) is 17.3. The van der Waals surface area contributed by atoms with Crippen molar-refractivity contribution in [3.8, 4) is 0 Å². The Morgan fingerprint density at radius 1 is 1.23 bits per heavy atom. The number of fused-ring (bicyclic) bond motifs is 2. The number of aromatic nitrogens is 3. The first-order valence-electron chi connectivity index (χ1n) is 9.46. The van der Waals surface area contributed by atoms with Gasteiger partial charge in [0.25, 0.3) is 0 Å². The third kappa shape index (κ3) is 2.95. The van der Waals surface area contributed by atoms with E-state index in [2.05, 4.69) is 44.3 Å². The molecule has 0 radical (unpaired) electrons. The van der Waals surface area contributed by atoms with Crippen molar-refractivity contribution in [1.29, 1.82) is 0 Å². The number of pyridine rings is 2. The maximum Gasteiger partial charge on any atom is 0.139 e. The molecular weight excluding hydrogens is 324 g/mol. The van der Waals surface area contributed by atoms with Gasteiger partial charge < -0.3 is 10.3 Å². The van der Waals surface area contributed by atoms with Crippen LogP contribution in [0.5, 0.6) is 0 Å². The predicted molar refractivity (Wildman–Crippen MR) is 103 cm³/mol. The second kappa shape index (κ2) is 6.70. The fourth-order valence-electron chi connectivity index (χ4n) is 4.47. The van der Waals surface area contributed by atoms with Crippen LogP contribution in [0.1, 0.15) is 36.3 Å². The Hall–Kier alpha value is -2.44. The molecule has 1 aliphatic carbocycles. The standard InChI is InChI=1S/C20H24N6/c1-2-13(10-21-6-1)11-23-19-9-17(16-5-7-22-20(16)25-19)14-3-4-18-15(8-14)12-24-26-18/h1-2,5-7,9-10,14-15,18,24,26H,3-4,8,11-12H2,(H2,22,23,25). The molecule has 6 nitrogen and oxygen atoms in total. The van der Waals surface area contributed by atoms with Crippen LogP contribution in [0.2, 0.25) is 0 Å². The Bertz CT molecular complexity index is 890. The smallest absolute Gasteiger partial charge is 0.139 e. The van der Waals surface area contributed by atoms with E-state index in [0.717, 1.165) is 36.0 Å². The summed E-state index contributed by atoms with van der Waals surface area (Å²) in [5.41, 5.74) is 10.3. The lowest BCUT2D eigenvalue weighted by Gasteiger charge is -2.31. The van der Waals surface area contributed by atoms with E-state index in [1.54, 1.807) is 6.20 Å². The highest BCUT2D eigenvalue weighted by molar-refractivity contribution is 5.82. The first kappa shape index (κ1) is 15.8. The average Bonchev–Trinajstić information content (AvgIpc) is 3.35. The van der Waals surface area contributed by atoms with E-state index in [1.165, 1.54) is 30.2 Å². The molecule has 5 rings (SSSR count). The van der Waals surface area contributed by atoms with Gasteiger partial charge in [-0.25, -0.2) is 4.98 Å². The van der Waals surface area contributed by atoms with Crippen molar-refractivity contribution >= 4 is 16.9 Å². The van der Waals surface area contributed by atoms with Gasteiger partial charge in [-0.1, -0.05) is 6.07 Å². The van der Waals surface area contributed by atoms with Gasteiger partial charge in [0, 0.05) is 43.1 Å². The highest BCUT2D eigenvalue weighted by atomic mass is 15.4. The van der Waals surface area contributed by atoms with Gasteiger partial charge in [-0.05, 0) is 60.4 Å². The summed E-state index contributed by atoms with van der Waals surface area (Å²) in [4.78, 5) is 12.2. The number of hydrogen-bond donors (Lipinski definition) is 4. The molecule has 3 aromatic rings. The van der Waals surface area contributed by atoms with Crippen molar-refractivity contribution in [1.82, 2.24) is 25.8 Å². The summed E-state index contributed by atoms with van der Waals surface area (Å²) in [5.74, 6) is 2.25. The van der Waals surface area contributed by atoms with E-state index in [0.29, 0.717) is 12.0 Å². The molecule has 0 spiro atoms. The molecule has 3 aromatic heterocycles. The van der Waals surface area contributed by atoms with Crippen molar-refractivity contribution in [2.24, 2.45) is 5.92 Å². The summed E-state index contributed by atoms with van der Waals surface area (Å²) >= 11 is 0. The number of hydrogen-bond acceptors (Lipinski definition) is 5. The maximum atomic E-state index is 4.76. The summed E-state index contributed by atoms with van der Waals surface area (Å²) in [5, 5.41) is 4.74. The molecule has 4 heterocycles. The molecule has 1 saturated carbocycles. The van der Waals surface area contributed by atoms with Crippen molar-refractivity contribution in [2.75, 3.05) is 11.9 Å². The Labute approximate surface area is 152 Å². The van der Waals surface area contributed by atoms with Gasteiger partial charge in [0.2, 0.25) is 0 Å². The van der Waals surface area contributed by atoms with Crippen LogP contribution in [0.15, 0.2) is 42.9 Å². The molecule has 26 heavy (non-hydrogen) atoms. The predicted octanol–water partition coefficient (Wildman–Crippen LogP) is 2.93. The van der Waals surface area contributed by atoms with E-state index in [4.69, 9.17) is 4.98 Å². The fraction of sp³-hybridized carbons (Fsp3) is 0.400. The van der Waals surface area contributed by atoms with Crippen molar-refractivity contribution in [2.45, 2.75) is 37.8 Å². The number of aromatic amines is 1. The van der Waals surface area contributed by atoms with Crippen LogP contribution >= 0.6 is 0 Å². The molecule has 134 valence electrons. The van der Waals surface area contributed by atoms with Gasteiger partial charge in [-0.2, -0.15) is 0 Å². The number of nitrogens with zero attached hydrogens (tertiary/aromatic N) is 2. The normalized spacial score (nSPS) is 25.3. The van der Waals surface area contributed by atoms with Crippen LogP contribution in [0.3, 0.4) is 0 Å². The number of nitrogens with one attached hydrogen (secondary N) is 4. The van der Waals surface area contributed by atoms with Gasteiger partial charge in [0.15, 0.2) is 0 Å². The lowest BCUT2D eigenvalue weighted by molar-refractivity contribution is 0.303. The molecule has 2 aliphatic rings. The van der Waals surface area contributed by atoms with Crippen molar-refractivity contribution in [3.63, 3.8) is 0 Å². The van der Waals surface area contributed by atoms with Crippen LogP contribution in [-0.2, 0) is 6.54 Å². The molecule has 3 atom stereocenters. The number of anilines is 1. The molecule has 2 fully saturated rings. The van der Waals surface area contributed by atoms with Gasteiger partial charge in [0.1, 0.15) is 11.5 Å². The molecule has 1 aliphatic heterocycles. The SMILES string of the molecule is c1cncc(CNc2cc(C3CCC4NNCC4C3)c3cc[nH]c3n2)c1. The van der Waals surface area contributed by atoms with Gasteiger partial charge in [0.05, 0.1) is 0 Å². The van der Waals surface area contributed by atoms with E-state index in [1.807, 2.05) is 18.5 Å². The highest BCUT2D eigenvalue weighted by Crippen LogP contribution is 2.40. The summed E-state index contributed by atoms with van der Waals surface area (Å²) in [6, 6.07) is 9.10. The van der Waals surface area contributed by atoms with E-state index >= 15 is 0 Å². The molecule has 1 saturated heterocycles. The molecular formula is C20H24N6. The lowest BCUT2D eigenvalue weighted by Crippen LogP contribution is -2.34. The molecule has 0 aromatic carbocycles. The van der Waals surface area contributed by atoms with E-state index in [-0.39, 0.29) is 0 Å². The Morgan fingerprint density at radius 2 is 2.23 bits per heavy atom. The molecule has 3 unspecified atom stereocenters. The Morgan fingerprint density at radius 3 is 3.15 bits per heavy atom. The molecule has 6 heteroatoms. The number of H-pyrrole nitrogens is 1. The summed E-state index contributed by atoms with van der Waals surface area (Å²) in [7, 11) is 0. The summed E-state index contributed by atoms with van der Waals surface area (Å²) in [6.45, 7) is 1.81. The summed E-state index contributed by atoms with van der Waals surface area (Å²) in [6.07, 6.45) is 9.38. The second-order valence-electron chi connectivity index (χ2n) is 7.45. The van der Waals surface area contributed by atoms with Gasteiger partial charge in [-0.15, -0.1) is 0 Å². The van der Waals surface area contributed by atoms with E-state index < -0.39 is 0 Å². The molecule has 0 bridgehead atoms. The number of rotatable bonds is 4. The van der Waals surface area contributed by atoms with E-state index in [9.17, 15) is 0 Å². The second-order valence-corrected chi connectivity index (χ2v) is 7.45. The third-order valence-electron chi connectivity index (χ3n) is 5.83.